The van der Waals surface area contributed by atoms with Crippen LogP contribution in [0, 0.1) is 20.8 Å². The van der Waals surface area contributed by atoms with E-state index in [-0.39, 0.29) is 0 Å². The van der Waals surface area contributed by atoms with E-state index in [1.165, 1.54) is 0 Å². The van der Waals surface area contributed by atoms with Crippen molar-refractivity contribution in [1.82, 2.24) is 9.21 Å². The second kappa shape index (κ2) is 9.46. The Bertz CT molecular complexity index is 1020. The van der Waals surface area contributed by atoms with Crippen LogP contribution in [0.25, 0.3) is 0 Å². The van der Waals surface area contributed by atoms with Crippen molar-refractivity contribution in [3.05, 3.63) is 46.5 Å². The van der Waals surface area contributed by atoms with E-state index in [1.54, 1.807) is 25.6 Å². The molecule has 31 heavy (non-hydrogen) atoms. The molecule has 8 heteroatoms. The van der Waals surface area contributed by atoms with Crippen molar-refractivity contribution in [2.24, 2.45) is 0 Å². The Balaban J connectivity index is 1.75. The number of nitrogens with zero attached hydrogens (tertiary/aromatic N) is 2. The van der Waals surface area contributed by atoms with Crippen LogP contribution < -0.4 is 14.2 Å². The van der Waals surface area contributed by atoms with Crippen LogP contribution in [0.4, 0.5) is 0 Å². The predicted molar refractivity (Wildman–Crippen MR) is 121 cm³/mol. The van der Waals surface area contributed by atoms with Crippen LogP contribution in [0.3, 0.4) is 0 Å². The quantitative estimate of drug-likeness (QED) is 0.648. The molecule has 0 N–H and O–H groups in total. The zero-order valence-electron chi connectivity index (χ0n) is 19.2. The maximum absolute atomic E-state index is 13.3. The van der Waals surface area contributed by atoms with Crippen molar-refractivity contribution >= 4 is 10.0 Å². The molecule has 2 aromatic carbocycles. The van der Waals surface area contributed by atoms with Crippen LogP contribution >= 0.6 is 0 Å². The first-order valence-electron chi connectivity index (χ1n) is 10.3. The van der Waals surface area contributed by atoms with E-state index in [1.807, 2.05) is 45.0 Å². The van der Waals surface area contributed by atoms with Gasteiger partial charge in [-0.25, -0.2) is 8.42 Å². The van der Waals surface area contributed by atoms with Crippen molar-refractivity contribution in [2.45, 2.75) is 32.2 Å². The first kappa shape index (κ1) is 23.4. The summed E-state index contributed by atoms with van der Waals surface area (Å²) < 4.78 is 44.6. The molecular weight excluding hydrogens is 416 g/mol. The Morgan fingerprint density at radius 3 is 1.94 bits per heavy atom. The van der Waals surface area contributed by atoms with E-state index in [4.69, 9.17) is 14.2 Å². The molecule has 1 heterocycles. The van der Waals surface area contributed by atoms with E-state index in [9.17, 15) is 8.42 Å². The van der Waals surface area contributed by atoms with Crippen molar-refractivity contribution in [1.29, 1.82) is 0 Å². The van der Waals surface area contributed by atoms with Gasteiger partial charge in [0.25, 0.3) is 0 Å². The number of aryl methyl sites for hydroxylation is 3. The molecule has 7 nitrogen and oxygen atoms in total. The summed E-state index contributed by atoms with van der Waals surface area (Å²) in [5.41, 5.74) is 3.65. The van der Waals surface area contributed by atoms with Gasteiger partial charge in [-0.3, -0.25) is 4.90 Å². The Kier molecular flexibility index (Phi) is 7.13. The molecule has 170 valence electrons. The fourth-order valence-corrected chi connectivity index (χ4v) is 6.19. The maximum atomic E-state index is 13.3. The Labute approximate surface area is 185 Å². The van der Waals surface area contributed by atoms with Gasteiger partial charge in [-0.1, -0.05) is 23.8 Å². The molecule has 1 aliphatic heterocycles. The SMILES string of the molecule is COc1ccc(CN2CCN(S(=O)(=O)c3c(C)cc(C)cc3C)CC2)c(OC)c1OC. The molecule has 0 unspecified atom stereocenters. The molecule has 1 aliphatic rings. The molecule has 1 saturated heterocycles. The monoisotopic (exact) mass is 448 g/mol. The zero-order chi connectivity index (χ0) is 22.8. The first-order valence-corrected chi connectivity index (χ1v) is 11.7. The Hall–Kier alpha value is -2.29. The lowest BCUT2D eigenvalue weighted by atomic mass is 10.1. The summed E-state index contributed by atoms with van der Waals surface area (Å²) in [6.45, 7) is 8.54. The van der Waals surface area contributed by atoms with Gasteiger partial charge in [0.2, 0.25) is 15.8 Å². The molecular formula is C23H32N2O5S. The molecule has 0 aliphatic carbocycles. The lowest BCUT2D eigenvalue weighted by molar-refractivity contribution is 0.179. The molecule has 0 atom stereocenters. The van der Waals surface area contributed by atoms with Crippen molar-refractivity contribution in [3.63, 3.8) is 0 Å². The molecule has 0 radical (unpaired) electrons. The number of rotatable bonds is 7. The van der Waals surface area contributed by atoms with Gasteiger partial charge in [0, 0.05) is 38.3 Å². The van der Waals surface area contributed by atoms with Gasteiger partial charge in [-0.05, 0) is 38.0 Å². The minimum Gasteiger partial charge on any atom is -0.493 e. The highest BCUT2D eigenvalue weighted by Crippen LogP contribution is 2.40. The normalized spacial score (nSPS) is 15.7. The number of hydrogen-bond acceptors (Lipinski definition) is 6. The summed E-state index contributed by atoms with van der Waals surface area (Å²) >= 11 is 0. The first-order chi connectivity index (χ1) is 14.7. The van der Waals surface area contributed by atoms with Crippen LogP contribution in [0.5, 0.6) is 17.2 Å². The summed E-state index contributed by atoms with van der Waals surface area (Å²) in [4.78, 5) is 2.66. The van der Waals surface area contributed by atoms with Gasteiger partial charge in [0.1, 0.15) is 0 Å². The highest BCUT2D eigenvalue weighted by molar-refractivity contribution is 7.89. The predicted octanol–water partition coefficient (Wildman–Crippen LogP) is 3.14. The minimum atomic E-state index is -3.52. The number of ether oxygens (including phenoxy) is 3. The topological polar surface area (TPSA) is 68.3 Å². The summed E-state index contributed by atoms with van der Waals surface area (Å²) in [7, 11) is 1.26. The van der Waals surface area contributed by atoms with Crippen LogP contribution in [0.15, 0.2) is 29.2 Å². The van der Waals surface area contributed by atoms with Crippen molar-refractivity contribution in [3.8, 4) is 17.2 Å². The standard InChI is InChI=1S/C23H32N2O5S/c1-16-13-17(2)23(18(3)14-16)31(26,27)25-11-9-24(10-12-25)15-19-7-8-20(28-4)22(30-6)21(19)29-5/h7-8,13-14H,9-12,15H2,1-6H3. The molecule has 0 amide bonds. The lowest BCUT2D eigenvalue weighted by Gasteiger charge is -2.34. The van der Waals surface area contributed by atoms with E-state index in [2.05, 4.69) is 4.90 Å². The largest absolute Gasteiger partial charge is 0.493 e. The summed E-state index contributed by atoms with van der Waals surface area (Å²) in [5, 5.41) is 0. The second-order valence-electron chi connectivity index (χ2n) is 7.90. The summed E-state index contributed by atoms with van der Waals surface area (Å²) in [6.07, 6.45) is 0. The van der Waals surface area contributed by atoms with E-state index >= 15 is 0 Å². The number of benzene rings is 2. The summed E-state index contributed by atoms with van der Waals surface area (Å²) in [5.74, 6) is 1.82. The molecule has 0 spiro atoms. The summed E-state index contributed by atoms with van der Waals surface area (Å²) in [6, 6.07) is 7.68. The highest BCUT2D eigenvalue weighted by atomic mass is 32.2. The number of hydrogen-bond donors (Lipinski definition) is 0. The van der Waals surface area contributed by atoms with Crippen LogP contribution in [-0.4, -0.2) is 65.1 Å². The minimum absolute atomic E-state index is 0.438. The van der Waals surface area contributed by atoms with Crippen LogP contribution in [-0.2, 0) is 16.6 Å². The Morgan fingerprint density at radius 1 is 0.839 bits per heavy atom. The third-order valence-electron chi connectivity index (χ3n) is 5.71. The Morgan fingerprint density at radius 2 is 1.42 bits per heavy atom. The fraction of sp³-hybridized carbons (Fsp3) is 0.478. The van der Waals surface area contributed by atoms with E-state index < -0.39 is 10.0 Å². The van der Waals surface area contributed by atoms with Gasteiger partial charge in [0.15, 0.2) is 11.5 Å². The van der Waals surface area contributed by atoms with Gasteiger partial charge in [-0.2, -0.15) is 4.31 Å². The van der Waals surface area contributed by atoms with Crippen molar-refractivity contribution in [2.75, 3.05) is 47.5 Å². The molecule has 3 rings (SSSR count). The maximum Gasteiger partial charge on any atom is 0.243 e. The van der Waals surface area contributed by atoms with Gasteiger partial charge in [0.05, 0.1) is 26.2 Å². The number of sulfonamides is 1. The smallest absolute Gasteiger partial charge is 0.243 e. The third kappa shape index (κ3) is 4.66. The van der Waals surface area contributed by atoms with Crippen LogP contribution in [0.2, 0.25) is 0 Å². The van der Waals surface area contributed by atoms with Gasteiger partial charge in [-0.15, -0.1) is 0 Å². The third-order valence-corrected chi connectivity index (χ3v) is 7.92. The molecule has 0 aromatic heterocycles. The van der Waals surface area contributed by atoms with Gasteiger partial charge >= 0.3 is 0 Å². The van der Waals surface area contributed by atoms with Crippen LogP contribution in [0.1, 0.15) is 22.3 Å². The fourth-order valence-electron chi connectivity index (χ4n) is 4.36. The lowest BCUT2D eigenvalue weighted by Crippen LogP contribution is -2.48. The van der Waals surface area contributed by atoms with E-state index in [0.29, 0.717) is 54.9 Å². The average molecular weight is 449 g/mol. The number of methoxy groups -OCH3 is 3. The second-order valence-corrected chi connectivity index (χ2v) is 9.78. The zero-order valence-corrected chi connectivity index (χ0v) is 20.0. The van der Waals surface area contributed by atoms with E-state index in [0.717, 1.165) is 22.3 Å². The van der Waals surface area contributed by atoms with Gasteiger partial charge < -0.3 is 14.2 Å². The van der Waals surface area contributed by atoms with Crippen molar-refractivity contribution < 1.29 is 22.6 Å². The average Bonchev–Trinajstić information content (AvgIpc) is 2.72. The highest BCUT2D eigenvalue weighted by Gasteiger charge is 2.31. The molecule has 2 aromatic rings. The number of piperazine rings is 1. The molecule has 0 bridgehead atoms. The molecule has 0 saturated carbocycles. The molecule has 1 fully saturated rings.